The minimum atomic E-state index is -3.76. The quantitative estimate of drug-likeness (QED) is 0.305. The Hall–Kier alpha value is -1.90. The Kier molecular flexibility index (Phi) is 8.95. The maximum Gasteiger partial charge on any atom is 0.261 e. The fourth-order valence-corrected chi connectivity index (χ4v) is 5.29. The van der Waals surface area contributed by atoms with Gasteiger partial charge in [-0.2, -0.15) is 11.8 Å². The zero-order chi connectivity index (χ0) is 24.0. The lowest BCUT2D eigenvalue weighted by Gasteiger charge is -2.11. The normalized spacial score (nSPS) is 11.3. The number of thioether (sulfide) groups is 1. The highest BCUT2D eigenvalue weighted by Gasteiger charge is 2.16. The van der Waals surface area contributed by atoms with Gasteiger partial charge >= 0.3 is 0 Å². The maximum atomic E-state index is 12.5. The number of sulfonamides is 1. The molecule has 0 spiro atoms. The average Bonchev–Trinajstić information content (AvgIpc) is 2.76. The molecule has 3 aromatic carbocycles. The molecule has 0 saturated heterocycles. The van der Waals surface area contributed by atoms with Crippen molar-refractivity contribution in [1.82, 2.24) is 5.32 Å². The Balaban J connectivity index is 1.52. The predicted octanol–water partition coefficient (Wildman–Crippen LogP) is 6.42. The molecule has 1 amide bonds. The minimum Gasteiger partial charge on any atom is -0.351 e. The zero-order valence-electron chi connectivity index (χ0n) is 17.6. The summed E-state index contributed by atoms with van der Waals surface area (Å²) in [5.74, 6) is 1.10. The van der Waals surface area contributed by atoms with Crippen molar-refractivity contribution in [1.29, 1.82) is 0 Å². The van der Waals surface area contributed by atoms with Gasteiger partial charge in [0.25, 0.3) is 15.9 Å². The number of hydrogen-bond donors (Lipinski definition) is 2. The zero-order valence-corrected chi connectivity index (χ0v) is 21.5. The molecule has 0 bridgehead atoms. The Morgan fingerprint density at radius 2 is 1.64 bits per heavy atom. The van der Waals surface area contributed by atoms with E-state index in [-0.39, 0.29) is 27.1 Å². The Morgan fingerprint density at radius 1 is 0.909 bits per heavy atom. The van der Waals surface area contributed by atoms with E-state index in [1.807, 2.05) is 19.1 Å². The molecule has 33 heavy (non-hydrogen) atoms. The van der Waals surface area contributed by atoms with E-state index in [0.29, 0.717) is 22.3 Å². The van der Waals surface area contributed by atoms with Crippen LogP contribution in [0.5, 0.6) is 0 Å². The van der Waals surface area contributed by atoms with Crippen LogP contribution < -0.4 is 10.0 Å². The van der Waals surface area contributed by atoms with Gasteiger partial charge < -0.3 is 5.32 Å². The molecular formula is C23H21Cl3N2O3S2. The second kappa shape index (κ2) is 11.5. The van der Waals surface area contributed by atoms with E-state index in [4.69, 9.17) is 34.8 Å². The molecule has 174 valence electrons. The summed E-state index contributed by atoms with van der Waals surface area (Å²) in [4.78, 5) is 12.6. The van der Waals surface area contributed by atoms with Gasteiger partial charge in [0, 0.05) is 18.1 Å². The Labute approximate surface area is 212 Å². The molecule has 0 aromatic heterocycles. The van der Waals surface area contributed by atoms with Gasteiger partial charge in [0.1, 0.15) is 0 Å². The van der Waals surface area contributed by atoms with Crippen LogP contribution in [0.25, 0.3) is 0 Å². The Morgan fingerprint density at radius 3 is 2.30 bits per heavy atom. The summed E-state index contributed by atoms with van der Waals surface area (Å²) in [6, 6.07) is 16.4. The number of aryl methyl sites for hydroxylation is 1. The fraction of sp³-hybridized carbons (Fsp3) is 0.174. The summed E-state index contributed by atoms with van der Waals surface area (Å²) in [7, 11) is -3.76. The van der Waals surface area contributed by atoms with E-state index < -0.39 is 10.0 Å². The lowest BCUT2D eigenvalue weighted by Crippen LogP contribution is -2.26. The maximum absolute atomic E-state index is 12.5. The number of carbonyl (C=O) groups excluding carboxylic acids is 1. The third-order valence-electron chi connectivity index (χ3n) is 4.58. The van der Waals surface area contributed by atoms with Gasteiger partial charge in [-0.1, -0.05) is 58.6 Å². The van der Waals surface area contributed by atoms with Crippen LogP contribution in [0.3, 0.4) is 0 Å². The van der Waals surface area contributed by atoms with Crippen LogP contribution in [-0.2, 0) is 15.8 Å². The van der Waals surface area contributed by atoms with Crippen molar-refractivity contribution >= 4 is 68.2 Å². The number of rotatable bonds is 9. The van der Waals surface area contributed by atoms with E-state index in [0.717, 1.165) is 16.9 Å². The molecule has 0 aliphatic heterocycles. The van der Waals surface area contributed by atoms with Crippen LogP contribution >= 0.6 is 46.6 Å². The third kappa shape index (κ3) is 7.29. The van der Waals surface area contributed by atoms with Crippen molar-refractivity contribution < 1.29 is 13.2 Å². The molecule has 0 atom stereocenters. The van der Waals surface area contributed by atoms with Crippen LogP contribution in [0.15, 0.2) is 65.6 Å². The molecular weight excluding hydrogens is 523 g/mol. The average molecular weight is 544 g/mol. The van der Waals surface area contributed by atoms with Crippen molar-refractivity contribution in [2.45, 2.75) is 17.6 Å². The molecule has 0 radical (unpaired) electrons. The molecule has 10 heteroatoms. The minimum absolute atomic E-state index is 0.143. The van der Waals surface area contributed by atoms with Gasteiger partial charge in [0.15, 0.2) is 0 Å². The Bertz CT molecular complexity index is 1250. The van der Waals surface area contributed by atoms with Crippen LogP contribution in [0.1, 0.15) is 21.5 Å². The summed E-state index contributed by atoms with van der Waals surface area (Å²) in [5, 5.41) is 4.00. The largest absolute Gasteiger partial charge is 0.351 e. The first kappa shape index (κ1) is 25.7. The lowest BCUT2D eigenvalue weighted by atomic mass is 10.2. The first-order chi connectivity index (χ1) is 15.7. The topological polar surface area (TPSA) is 75.3 Å². The van der Waals surface area contributed by atoms with Crippen molar-refractivity contribution in [3.05, 3.63) is 92.4 Å². The molecule has 5 nitrogen and oxygen atoms in total. The number of anilines is 1. The van der Waals surface area contributed by atoms with Gasteiger partial charge in [-0.3, -0.25) is 9.52 Å². The van der Waals surface area contributed by atoms with Gasteiger partial charge in [-0.15, -0.1) is 0 Å². The second-order valence-electron chi connectivity index (χ2n) is 7.17. The second-order valence-corrected chi connectivity index (χ2v) is 11.2. The molecule has 0 aliphatic rings. The van der Waals surface area contributed by atoms with E-state index in [1.54, 1.807) is 30.0 Å². The molecule has 0 unspecified atom stereocenters. The summed E-state index contributed by atoms with van der Waals surface area (Å²) >= 11 is 19.8. The molecule has 3 rings (SSSR count). The first-order valence-electron chi connectivity index (χ1n) is 9.84. The summed E-state index contributed by atoms with van der Waals surface area (Å²) in [6.45, 7) is 2.32. The molecule has 0 aliphatic carbocycles. The standard InChI is InChI=1S/C23H21Cl3N2O3S2/c1-15-2-6-18(7-3-15)33(30,31)28-17-5-8-19(21(25)13-17)23(29)27-10-11-32-14-16-4-9-20(24)22(26)12-16/h2-9,12-13,28H,10-11,14H2,1H3,(H,27,29). The van der Waals surface area contributed by atoms with Crippen molar-refractivity contribution in [2.75, 3.05) is 17.0 Å². The highest BCUT2D eigenvalue weighted by molar-refractivity contribution is 7.98. The van der Waals surface area contributed by atoms with E-state index in [9.17, 15) is 13.2 Å². The van der Waals surface area contributed by atoms with Crippen molar-refractivity contribution in [3.63, 3.8) is 0 Å². The van der Waals surface area contributed by atoms with Gasteiger partial charge in [-0.25, -0.2) is 8.42 Å². The molecule has 2 N–H and O–H groups in total. The first-order valence-corrected chi connectivity index (χ1v) is 13.6. The summed E-state index contributed by atoms with van der Waals surface area (Å²) in [6.07, 6.45) is 0. The number of halogens is 3. The fourth-order valence-electron chi connectivity index (χ4n) is 2.85. The summed E-state index contributed by atoms with van der Waals surface area (Å²) in [5.41, 5.74) is 2.55. The number of amides is 1. The highest BCUT2D eigenvalue weighted by atomic mass is 35.5. The van der Waals surface area contributed by atoms with Crippen LogP contribution in [0.2, 0.25) is 15.1 Å². The van der Waals surface area contributed by atoms with E-state index in [1.165, 1.54) is 30.3 Å². The number of nitrogens with one attached hydrogen (secondary N) is 2. The predicted molar refractivity (Wildman–Crippen MR) is 138 cm³/mol. The third-order valence-corrected chi connectivity index (χ3v) is 8.06. The van der Waals surface area contributed by atoms with Crippen LogP contribution in [0, 0.1) is 6.92 Å². The smallest absolute Gasteiger partial charge is 0.261 e. The van der Waals surface area contributed by atoms with Gasteiger partial charge in [-0.05, 0) is 55.0 Å². The van der Waals surface area contributed by atoms with E-state index >= 15 is 0 Å². The monoisotopic (exact) mass is 542 g/mol. The van der Waals surface area contributed by atoms with Gasteiger partial charge in [0.2, 0.25) is 0 Å². The van der Waals surface area contributed by atoms with Crippen LogP contribution in [-0.4, -0.2) is 26.6 Å². The van der Waals surface area contributed by atoms with Crippen molar-refractivity contribution in [2.24, 2.45) is 0 Å². The molecule has 0 heterocycles. The SMILES string of the molecule is Cc1ccc(S(=O)(=O)Nc2ccc(C(=O)NCCSCc3ccc(Cl)c(Cl)c3)c(Cl)c2)cc1. The lowest BCUT2D eigenvalue weighted by molar-refractivity contribution is 0.0956. The van der Waals surface area contributed by atoms with Gasteiger partial charge in [0.05, 0.1) is 31.2 Å². The molecule has 0 saturated carbocycles. The van der Waals surface area contributed by atoms with E-state index in [2.05, 4.69) is 10.0 Å². The number of hydrogen-bond acceptors (Lipinski definition) is 4. The summed E-state index contributed by atoms with van der Waals surface area (Å²) < 4.78 is 27.5. The van der Waals surface area contributed by atoms with Crippen molar-refractivity contribution in [3.8, 4) is 0 Å². The molecule has 0 fully saturated rings. The van der Waals surface area contributed by atoms with Crippen LogP contribution in [0.4, 0.5) is 5.69 Å². The number of carbonyl (C=O) groups is 1. The number of benzene rings is 3. The molecule has 3 aromatic rings. The highest BCUT2D eigenvalue weighted by Crippen LogP contribution is 2.25.